The summed E-state index contributed by atoms with van der Waals surface area (Å²) in [7, 11) is 0. The lowest BCUT2D eigenvalue weighted by atomic mass is 9.89. The van der Waals surface area contributed by atoms with E-state index in [1.807, 2.05) is 24.3 Å². The van der Waals surface area contributed by atoms with E-state index in [0.29, 0.717) is 11.5 Å². The number of nitrogen functional groups attached to an aromatic ring is 1. The molecular weight excluding hydrogens is 376 g/mol. The summed E-state index contributed by atoms with van der Waals surface area (Å²) < 4.78 is 0. The Balaban J connectivity index is 1.57. The predicted molar refractivity (Wildman–Crippen MR) is 121 cm³/mol. The molecule has 30 heavy (non-hydrogen) atoms. The number of nitrogens with zero attached hydrogens (tertiary/aromatic N) is 2. The van der Waals surface area contributed by atoms with Crippen LogP contribution in [0.1, 0.15) is 58.6 Å². The molecule has 2 heterocycles. The molecule has 1 aliphatic rings. The summed E-state index contributed by atoms with van der Waals surface area (Å²) in [6.07, 6.45) is 5.77. The normalized spacial score (nSPS) is 15.3. The van der Waals surface area contributed by atoms with Gasteiger partial charge in [-0.3, -0.25) is 5.10 Å². The molecule has 5 N–H and O–H groups in total. The molecule has 0 radical (unpaired) electrons. The summed E-state index contributed by atoms with van der Waals surface area (Å²) in [5.41, 5.74) is 10.4. The van der Waals surface area contributed by atoms with Gasteiger partial charge < -0.3 is 16.4 Å². The first-order valence-electron chi connectivity index (χ1n) is 10.6. The van der Waals surface area contributed by atoms with E-state index in [9.17, 15) is 4.79 Å². The van der Waals surface area contributed by atoms with E-state index in [4.69, 9.17) is 10.7 Å². The molecule has 2 aromatic heterocycles. The number of fused-ring (bicyclic) bond motifs is 1. The third-order valence-electron chi connectivity index (χ3n) is 5.72. The fraction of sp³-hybridized carbons (Fsp3) is 0.435. The van der Waals surface area contributed by atoms with Gasteiger partial charge in [-0.1, -0.05) is 52.2 Å². The monoisotopic (exact) mass is 406 g/mol. The second-order valence-electron chi connectivity index (χ2n) is 9.15. The van der Waals surface area contributed by atoms with Gasteiger partial charge >= 0.3 is 6.03 Å². The lowest BCUT2D eigenvalue weighted by molar-refractivity contribution is 0.244. The van der Waals surface area contributed by atoms with Crippen LogP contribution >= 0.6 is 0 Å². The first kappa shape index (κ1) is 20.2. The molecule has 0 aliphatic heterocycles. The van der Waals surface area contributed by atoms with Crippen LogP contribution in [0.2, 0.25) is 0 Å². The summed E-state index contributed by atoms with van der Waals surface area (Å²) in [5, 5.41) is 13.9. The smallest absolute Gasteiger partial charge is 0.319 e. The van der Waals surface area contributed by atoms with Crippen LogP contribution < -0.4 is 16.4 Å². The van der Waals surface area contributed by atoms with Crippen LogP contribution in [0.4, 0.5) is 16.3 Å². The van der Waals surface area contributed by atoms with E-state index in [1.54, 1.807) is 0 Å². The second kappa shape index (κ2) is 7.97. The highest BCUT2D eigenvalue weighted by Crippen LogP contribution is 2.34. The molecule has 1 saturated carbocycles. The standard InChI is InChI=1S/C23H30N6O/c1-23(2,3)18-13-17(19-20(24)28-29-21(19)27-18)14-9-11-16(12-10-14)26-22(30)25-15-7-5-4-6-8-15/h9-13,15H,4-8H2,1-3H3,(H2,25,26,30)(H3,24,27,28,29). The fourth-order valence-electron chi connectivity index (χ4n) is 4.00. The third kappa shape index (κ3) is 4.25. The Hall–Kier alpha value is -3.09. The zero-order chi connectivity index (χ0) is 21.3. The number of benzene rings is 1. The molecule has 1 aromatic carbocycles. The summed E-state index contributed by atoms with van der Waals surface area (Å²) in [6, 6.07) is 10.0. The first-order valence-corrected chi connectivity index (χ1v) is 10.6. The van der Waals surface area contributed by atoms with Crippen LogP contribution in [0.3, 0.4) is 0 Å². The number of pyridine rings is 1. The maximum absolute atomic E-state index is 12.3. The number of aromatic nitrogens is 3. The number of carbonyl (C=O) groups excluding carboxylic acids is 1. The van der Waals surface area contributed by atoms with Crippen molar-refractivity contribution in [3.05, 3.63) is 36.0 Å². The average Bonchev–Trinajstić information content (AvgIpc) is 3.09. The summed E-state index contributed by atoms with van der Waals surface area (Å²) in [5.74, 6) is 0.432. The quantitative estimate of drug-likeness (QED) is 0.493. The molecule has 0 atom stereocenters. The number of rotatable bonds is 3. The van der Waals surface area contributed by atoms with E-state index in [0.717, 1.165) is 40.7 Å². The zero-order valence-corrected chi connectivity index (χ0v) is 17.9. The van der Waals surface area contributed by atoms with E-state index >= 15 is 0 Å². The van der Waals surface area contributed by atoms with Crippen LogP contribution in [0.25, 0.3) is 22.2 Å². The first-order chi connectivity index (χ1) is 14.3. The van der Waals surface area contributed by atoms with Crippen molar-refractivity contribution in [3.63, 3.8) is 0 Å². The molecule has 0 bridgehead atoms. The van der Waals surface area contributed by atoms with Gasteiger partial charge in [0.05, 0.1) is 5.39 Å². The fourth-order valence-corrected chi connectivity index (χ4v) is 4.00. The predicted octanol–water partition coefficient (Wildman–Crippen LogP) is 4.96. The number of amides is 2. The van der Waals surface area contributed by atoms with Crippen molar-refractivity contribution in [3.8, 4) is 11.1 Å². The van der Waals surface area contributed by atoms with Crippen molar-refractivity contribution in [1.29, 1.82) is 0 Å². The molecule has 1 fully saturated rings. The minimum atomic E-state index is -0.143. The number of nitrogens with two attached hydrogens (primary N) is 1. The Morgan fingerprint density at radius 2 is 1.83 bits per heavy atom. The lowest BCUT2D eigenvalue weighted by Crippen LogP contribution is -2.38. The van der Waals surface area contributed by atoms with E-state index in [2.05, 4.69) is 47.7 Å². The highest BCUT2D eigenvalue weighted by molar-refractivity contribution is 6.00. The van der Waals surface area contributed by atoms with Gasteiger partial charge in [-0.25, -0.2) is 9.78 Å². The molecular formula is C23H30N6O. The number of carbonyl (C=O) groups is 1. The van der Waals surface area contributed by atoms with Crippen molar-refractivity contribution in [2.45, 2.75) is 64.3 Å². The average molecular weight is 407 g/mol. The molecule has 4 rings (SSSR count). The molecule has 7 nitrogen and oxygen atoms in total. The van der Waals surface area contributed by atoms with E-state index in [1.165, 1.54) is 19.3 Å². The molecule has 0 spiro atoms. The number of hydrogen-bond donors (Lipinski definition) is 4. The molecule has 158 valence electrons. The molecule has 7 heteroatoms. The molecule has 3 aromatic rings. The van der Waals surface area contributed by atoms with Gasteiger partial charge in [-0.15, -0.1) is 0 Å². The summed E-state index contributed by atoms with van der Waals surface area (Å²) in [6.45, 7) is 6.38. The van der Waals surface area contributed by atoms with Crippen molar-refractivity contribution >= 4 is 28.6 Å². The van der Waals surface area contributed by atoms with Crippen LogP contribution in [0.15, 0.2) is 30.3 Å². The minimum Gasteiger partial charge on any atom is -0.382 e. The van der Waals surface area contributed by atoms with Gasteiger partial charge in [-0.05, 0) is 42.2 Å². The molecule has 2 amide bonds. The Morgan fingerprint density at radius 3 is 2.50 bits per heavy atom. The highest BCUT2D eigenvalue weighted by atomic mass is 16.2. The maximum atomic E-state index is 12.3. The van der Waals surface area contributed by atoms with Gasteiger partial charge in [0.1, 0.15) is 0 Å². The van der Waals surface area contributed by atoms with Gasteiger partial charge in [0, 0.05) is 22.8 Å². The van der Waals surface area contributed by atoms with Gasteiger partial charge in [-0.2, -0.15) is 5.10 Å². The summed E-state index contributed by atoms with van der Waals surface area (Å²) in [4.78, 5) is 17.0. The van der Waals surface area contributed by atoms with Gasteiger partial charge in [0.2, 0.25) is 0 Å². The SMILES string of the molecule is CC(C)(C)c1cc(-c2ccc(NC(=O)NC3CCCCC3)cc2)c2c(N)n[nH]c2n1. The third-order valence-corrected chi connectivity index (χ3v) is 5.72. The number of nitrogens with one attached hydrogen (secondary N) is 3. The van der Waals surface area contributed by atoms with Crippen LogP contribution in [-0.2, 0) is 5.41 Å². The highest BCUT2D eigenvalue weighted by Gasteiger charge is 2.21. The number of hydrogen-bond acceptors (Lipinski definition) is 4. The van der Waals surface area contributed by atoms with Crippen molar-refractivity contribution in [2.75, 3.05) is 11.1 Å². The van der Waals surface area contributed by atoms with Crippen molar-refractivity contribution in [2.24, 2.45) is 0 Å². The number of urea groups is 1. The minimum absolute atomic E-state index is 0.110. The Bertz CT molecular complexity index is 1040. The lowest BCUT2D eigenvalue weighted by Gasteiger charge is -2.22. The largest absolute Gasteiger partial charge is 0.382 e. The Kier molecular flexibility index (Phi) is 5.37. The van der Waals surface area contributed by atoms with Crippen molar-refractivity contribution < 1.29 is 4.79 Å². The van der Waals surface area contributed by atoms with Crippen LogP contribution in [-0.4, -0.2) is 27.3 Å². The number of anilines is 2. The van der Waals surface area contributed by atoms with Gasteiger partial charge in [0.25, 0.3) is 0 Å². The summed E-state index contributed by atoms with van der Waals surface area (Å²) >= 11 is 0. The number of aromatic amines is 1. The van der Waals surface area contributed by atoms with Gasteiger partial charge in [0.15, 0.2) is 11.5 Å². The van der Waals surface area contributed by atoms with Crippen LogP contribution in [0, 0.1) is 0 Å². The number of H-pyrrole nitrogens is 1. The molecule has 0 unspecified atom stereocenters. The van der Waals surface area contributed by atoms with Crippen molar-refractivity contribution in [1.82, 2.24) is 20.5 Å². The second-order valence-corrected chi connectivity index (χ2v) is 9.15. The Morgan fingerprint density at radius 1 is 1.13 bits per heavy atom. The topological polar surface area (TPSA) is 109 Å². The molecule has 0 saturated heterocycles. The van der Waals surface area contributed by atoms with E-state index < -0.39 is 0 Å². The van der Waals surface area contributed by atoms with E-state index in [-0.39, 0.29) is 17.5 Å². The Labute approximate surface area is 176 Å². The zero-order valence-electron chi connectivity index (χ0n) is 17.9. The maximum Gasteiger partial charge on any atom is 0.319 e. The van der Waals surface area contributed by atoms with Crippen LogP contribution in [0.5, 0.6) is 0 Å². The molecule has 1 aliphatic carbocycles.